The van der Waals surface area contributed by atoms with Gasteiger partial charge in [-0.05, 0) is 28.9 Å². The number of halogens is 1. The van der Waals surface area contributed by atoms with E-state index in [1.54, 1.807) is 0 Å². The first-order valence-corrected chi connectivity index (χ1v) is 7.34. The Balaban J connectivity index is 2.17. The van der Waals surface area contributed by atoms with E-state index >= 15 is 0 Å². The van der Waals surface area contributed by atoms with Crippen molar-refractivity contribution in [1.82, 2.24) is 0 Å². The monoisotopic (exact) mass is 224 g/mol. The van der Waals surface area contributed by atoms with E-state index in [2.05, 4.69) is 48.1 Å². The molecule has 0 spiro atoms. The number of benzene rings is 1. The van der Waals surface area contributed by atoms with Crippen LogP contribution < -0.4 is 0 Å². The summed E-state index contributed by atoms with van der Waals surface area (Å²) < 4.78 is 0. The molecule has 0 nitrogen and oxygen atoms in total. The Kier molecular flexibility index (Phi) is 2.71. The van der Waals surface area contributed by atoms with Gasteiger partial charge in [0.1, 0.15) is 0 Å². The zero-order valence-electron chi connectivity index (χ0n) is 8.11. The number of hydrogen-bond acceptors (Lipinski definition) is 0. The molecule has 0 aliphatic carbocycles. The second kappa shape index (κ2) is 3.84. The fourth-order valence-corrected chi connectivity index (χ4v) is 4.58. The van der Waals surface area contributed by atoms with Crippen LogP contribution in [0.3, 0.4) is 0 Å². The van der Waals surface area contributed by atoms with E-state index < -0.39 is 9.24 Å². The molecule has 0 aromatic heterocycles. The first kappa shape index (κ1) is 9.88. The highest BCUT2D eigenvalue weighted by molar-refractivity contribution is 8.54. The van der Waals surface area contributed by atoms with Crippen LogP contribution in [-0.2, 0) is 5.75 Å². The highest BCUT2D eigenvalue weighted by Crippen LogP contribution is 2.62. The van der Waals surface area contributed by atoms with Gasteiger partial charge >= 0.3 is 0 Å². The molecule has 0 bridgehead atoms. The molecule has 1 atom stereocenters. The van der Waals surface area contributed by atoms with Gasteiger partial charge in [0.2, 0.25) is 0 Å². The van der Waals surface area contributed by atoms with Gasteiger partial charge in [-0.1, -0.05) is 47.1 Å². The summed E-state index contributed by atoms with van der Waals surface area (Å²) in [5.41, 5.74) is 2.60. The van der Waals surface area contributed by atoms with Crippen LogP contribution in [0.15, 0.2) is 52.8 Å². The van der Waals surface area contributed by atoms with Crippen LogP contribution in [0.5, 0.6) is 0 Å². The van der Waals surface area contributed by atoms with Crippen molar-refractivity contribution in [3.05, 3.63) is 58.4 Å². The van der Waals surface area contributed by atoms with Crippen molar-refractivity contribution in [2.24, 2.45) is 0 Å². The molecule has 0 saturated heterocycles. The minimum absolute atomic E-state index is 0.948. The summed E-state index contributed by atoms with van der Waals surface area (Å²) in [4.78, 5) is 0. The zero-order chi connectivity index (χ0) is 10.0. The zero-order valence-corrected chi connectivity index (χ0v) is 9.68. The van der Waals surface area contributed by atoms with Gasteiger partial charge in [0.25, 0.3) is 0 Å². The summed E-state index contributed by atoms with van der Waals surface area (Å²) in [6.07, 6.45) is 2.12. The molecule has 0 fully saturated rings. The van der Waals surface area contributed by atoms with E-state index in [-0.39, 0.29) is 0 Å². The van der Waals surface area contributed by atoms with Crippen molar-refractivity contribution >= 4 is 19.9 Å². The molecule has 1 unspecified atom stereocenters. The normalized spacial score (nSPS) is 29.7. The summed E-state index contributed by atoms with van der Waals surface area (Å²) in [5, 5.41) is 4.35. The average Bonchev–Trinajstić information content (AvgIpc) is 2.47. The van der Waals surface area contributed by atoms with Crippen LogP contribution in [-0.4, -0.2) is 0 Å². The fourth-order valence-electron chi connectivity index (χ4n) is 1.53. The molecule has 1 heterocycles. The molecule has 74 valence electrons. The van der Waals surface area contributed by atoms with Gasteiger partial charge in [0.15, 0.2) is 0 Å². The Morgan fingerprint density at radius 3 is 2.50 bits per heavy atom. The van der Waals surface area contributed by atoms with Gasteiger partial charge in [-0.3, -0.25) is 0 Å². The van der Waals surface area contributed by atoms with Crippen molar-refractivity contribution in [1.29, 1.82) is 0 Å². The highest BCUT2D eigenvalue weighted by Gasteiger charge is 2.19. The van der Waals surface area contributed by atoms with Crippen molar-refractivity contribution < 1.29 is 0 Å². The van der Waals surface area contributed by atoms with E-state index in [9.17, 15) is 0 Å². The van der Waals surface area contributed by atoms with E-state index in [0.29, 0.717) is 0 Å². The maximum atomic E-state index is 6.52. The van der Waals surface area contributed by atoms with Crippen molar-refractivity contribution in [3.63, 3.8) is 0 Å². The Labute approximate surface area is 91.1 Å². The second-order valence-corrected chi connectivity index (χ2v) is 7.58. The standard InChI is InChI=1S/C12H13ClS/c1-11-7-8-14(13,9-11)10-12-5-3-2-4-6-12/h2-9H,10H2,1H3. The summed E-state index contributed by atoms with van der Waals surface area (Å²) in [5.74, 6) is 0.948. The average molecular weight is 225 g/mol. The molecular formula is C12H13ClS. The van der Waals surface area contributed by atoms with Gasteiger partial charge in [-0.15, -0.1) is 9.24 Å². The minimum atomic E-state index is -1.18. The molecule has 1 aromatic carbocycles. The third-order valence-corrected chi connectivity index (χ3v) is 5.20. The van der Waals surface area contributed by atoms with Gasteiger partial charge in [0, 0.05) is 5.75 Å². The summed E-state index contributed by atoms with van der Waals surface area (Å²) in [6, 6.07) is 10.4. The summed E-state index contributed by atoms with van der Waals surface area (Å²) in [7, 11) is 5.34. The van der Waals surface area contributed by atoms with Crippen molar-refractivity contribution in [2.45, 2.75) is 12.7 Å². The summed E-state index contributed by atoms with van der Waals surface area (Å²) >= 11 is 0. The summed E-state index contributed by atoms with van der Waals surface area (Å²) in [6.45, 7) is 2.10. The predicted molar refractivity (Wildman–Crippen MR) is 66.5 cm³/mol. The lowest BCUT2D eigenvalue weighted by molar-refractivity contribution is 1.41. The fraction of sp³-hybridized carbons (Fsp3) is 0.167. The van der Waals surface area contributed by atoms with E-state index in [4.69, 9.17) is 10.7 Å². The maximum absolute atomic E-state index is 6.52. The lowest BCUT2D eigenvalue weighted by Gasteiger charge is -2.22. The lowest BCUT2D eigenvalue weighted by Crippen LogP contribution is -1.87. The Morgan fingerprint density at radius 1 is 1.21 bits per heavy atom. The van der Waals surface area contributed by atoms with Crippen LogP contribution in [0.2, 0.25) is 0 Å². The van der Waals surface area contributed by atoms with Crippen LogP contribution in [0.4, 0.5) is 0 Å². The Hall–Kier alpha value is -0.660. The first-order valence-electron chi connectivity index (χ1n) is 4.59. The number of allylic oxidation sites excluding steroid dienone is 2. The third kappa shape index (κ3) is 2.23. The SMILES string of the molecule is CC1=CS(Cl)(Cc2ccccc2)C=C1. The molecule has 1 aliphatic heterocycles. The molecule has 0 amide bonds. The van der Waals surface area contributed by atoms with Gasteiger partial charge in [0.05, 0.1) is 0 Å². The van der Waals surface area contributed by atoms with Crippen LogP contribution in [0, 0.1) is 0 Å². The van der Waals surface area contributed by atoms with Crippen LogP contribution in [0.25, 0.3) is 0 Å². The number of hydrogen-bond donors (Lipinski definition) is 0. The van der Waals surface area contributed by atoms with Crippen molar-refractivity contribution in [3.8, 4) is 0 Å². The maximum Gasteiger partial charge on any atom is 0.0222 e. The molecule has 14 heavy (non-hydrogen) atoms. The van der Waals surface area contributed by atoms with Crippen LogP contribution >= 0.6 is 19.9 Å². The van der Waals surface area contributed by atoms with Gasteiger partial charge in [-0.2, -0.15) is 0 Å². The molecule has 2 heteroatoms. The molecule has 2 rings (SSSR count). The molecular weight excluding hydrogens is 212 g/mol. The van der Waals surface area contributed by atoms with Crippen LogP contribution in [0.1, 0.15) is 12.5 Å². The van der Waals surface area contributed by atoms with E-state index in [1.165, 1.54) is 11.1 Å². The largest absolute Gasteiger partial charge is 0.118 e. The number of rotatable bonds is 2. The highest BCUT2D eigenvalue weighted by atomic mass is 35.7. The predicted octanol–water partition coefficient (Wildman–Crippen LogP) is 4.58. The molecule has 0 saturated carbocycles. The Morgan fingerprint density at radius 2 is 1.93 bits per heavy atom. The lowest BCUT2D eigenvalue weighted by atomic mass is 10.2. The smallest absolute Gasteiger partial charge is 0.0222 e. The first-order chi connectivity index (χ1) is 6.68. The van der Waals surface area contributed by atoms with Gasteiger partial charge in [-0.25, -0.2) is 0 Å². The third-order valence-electron chi connectivity index (χ3n) is 2.17. The van der Waals surface area contributed by atoms with Gasteiger partial charge < -0.3 is 0 Å². The second-order valence-electron chi connectivity index (χ2n) is 3.55. The topological polar surface area (TPSA) is 0 Å². The van der Waals surface area contributed by atoms with E-state index in [0.717, 1.165) is 5.75 Å². The van der Waals surface area contributed by atoms with E-state index in [1.807, 2.05) is 6.07 Å². The molecule has 1 aromatic rings. The quantitative estimate of drug-likeness (QED) is 0.690. The molecule has 0 N–H and O–H groups in total. The molecule has 0 radical (unpaired) electrons. The Bertz CT molecular complexity index is 381. The molecule has 1 aliphatic rings. The van der Waals surface area contributed by atoms with Crippen molar-refractivity contribution in [2.75, 3.05) is 0 Å². The minimum Gasteiger partial charge on any atom is -0.118 e.